The van der Waals surface area contributed by atoms with Crippen molar-refractivity contribution in [2.75, 3.05) is 13.2 Å². The maximum atomic E-state index is 12.5. The molecule has 3 saturated carbocycles. The SMILES string of the molecule is CCCCCCCC/C=C\CCCCCCCCOC(CO)C(OC1CC[C@@]2(C)C(=CCC3C2CC[C@@]2(C)C3CC[C@@H]2[C@H](C)CCCC(C)C)C1)C(=O)O. The number of unbranched alkanes of at least 4 members (excludes halogenated alkanes) is 12. The molecule has 6 unspecified atom stereocenters. The molecule has 0 aliphatic heterocycles. The predicted octanol–water partition coefficient (Wildman–Crippen LogP) is 13.3. The summed E-state index contributed by atoms with van der Waals surface area (Å²) < 4.78 is 12.4. The van der Waals surface area contributed by atoms with Gasteiger partial charge in [0.05, 0.1) is 12.7 Å². The van der Waals surface area contributed by atoms with Crippen molar-refractivity contribution in [1.82, 2.24) is 0 Å². The Labute approximate surface area is 333 Å². The summed E-state index contributed by atoms with van der Waals surface area (Å²) in [5.74, 6) is 3.82. The van der Waals surface area contributed by atoms with E-state index in [-0.39, 0.29) is 18.1 Å². The predicted molar refractivity (Wildman–Crippen MR) is 226 cm³/mol. The molecule has 0 spiro atoms. The first-order chi connectivity index (χ1) is 26.0. The molecule has 2 N–H and O–H groups in total. The van der Waals surface area contributed by atoms with Gasteiger partial charge >= 0.3 is 5.97 Å². The number of carboxylic acid groups (broad SMARTS) is 1. The van der Waals surface area contributed by atoms with E-state index < -0.39 is 18.2 Å². The van der Waals surface area contributed by atoms with E-state index in [0.717, 1.165) is 67.6 Å². The zero-order valence-corrected chi connectivity index (χ0v) is 36.1. The molecule has 5 heteroatoms. The maximum Gasteiger partial charge on any atom is 0.335 e. The van der Waals surface area contributed by atoms with Crippen molar-refractivity contribution in [2.24, 2.45) is 46.3 Å². The highest BCUT2D eigenvalue weighted by atomic mass is 16.6. The number of carbonyl (C=O) groups is 1. The van der Waals surface area contributed by atoms with Crippen LogP contribution in [0.4, 0.5) is 0 Å². The number of aliphatic hydroxyl groups excluding tert-OH is 1. The molecule has 3 fully saturated rings. The van der Waals surface area contributed by atoms with Crippen molar-refractivity contribution >= 4 is 5.97 Å². The van der Waals surface area contributed by atoms with Gasteiger partial charge in [-0.15, -0.1) is 0 Å². The molecular formula is C49H86O5. The van der Waals surface area contributed by atoms with Gasteiger partial charge in [0.25, 0.3) is 0 Å². The second-order valence-corrected chi connectivity index (χ2v) is 19.6. The Hall–Kier alpha value is -1.17. The zero-order chi connectivity index (χ0) is 39.0. The highest BCUT2D eigenvalue weighted by Gasteiger charge is 2.59. The standard InChI is InChI=1S/C49H86O5/c1-7-8-9-10-11-12-13-14-15-16-17-18-19-20-21-22-34-53-45(36-50)46(47(51)52)54-40-30-32-48(5)39(35-40)26-27-41-43-29-28-42(38(4)25-23-24-37(2)3)49(43,6)33-31-44(41)48/h14-15,26,37-38,40-46,50H,7-13,16-25,27-36H2,1-6H3,(H,51,52)/b15-14-/t38-,40?,41?,42-,43?,44?,45?,46?,48+,49-/m1/s1. The summed E-state index contributed by atoms with van der Waals surface area (Å²) in [5.41, 5.74) is 2.19. The van der Waals surface area contributed by atoms with Gasteiger partial charge < -0.3 is 19.7 Å². The second-order valence-electron chi connectivity index (χ2n) is 19.6. The van der Waals surface area contributed by atoms with Crippen molar-refractivity contribution in [3.63, 3.8) is 0 Å². The largest absolute Gasteiger partial charge is 0.479 e. The summed E-state index contributed by atoms with van der Waals surface area (Å²) in [7, 11) is 0. The first-order valence-corrected chi connectivity index (χ1v) is 23.5. The van der Waals surface area contributed by atoms with Crippen LogP contribution in [0.15, 0.2) is 23.8 Å². The van der Waals surface area contributed by atoms with Crippen LogP contribution in [0.3, 0.4) is 0 Å². The van der Waals surface area contributed by atoms with Crippen LogP contribution in [0.1, 0.15) is 202 Å². The molecule has 10 atom stereocenters. The Bertz CT molecular complexity index is 1130. The molecule has 0 aromatic rings. The molecule has 0 amide bonds. The Balaban J connectivity index is 1.16. The van der Waals surface area contributed by atoms with E-state index >= 15 is 0 Å². The van der Waals surface area contributed by atoms with Crippen molar-refractivity contribution in [3.8, 4) is 0 Å². The molecule has 0 radical (unpaired) electrons. The molecule has 4 aliphatic carbocycles. The molecule has 0 aromatic carbocycles. The zero-order valence-electron chi connectivity index (χ0n) is 36.1. The quantitative estimate of drug-likeness (QED) is 0.0645. The number of carboxylic acids is 1. The normalized spacial score (nSPS) is 31.2. The van der Waals surface area contributed by atoms with E-state index in [0.29, 0.717) is 12.0 Å². The van der Waals surface area contributed by atoms with E-state index in [4.69, 9.17) is 9.47 Å². The van der Waals surface area contributed by atoms with E-state index in [9.17, 15) is 15.0 Å². The van der Waals surface area contributed by atoms with Gasteiger partial charge in [-0.3, -0.25) is 0 Å². The average molecular weight is 755 g/mol. The molecule has 0 bridgehead atoms. The lowest BCUT2D eigenvalue weighted by atomic mass is 9.47. The number of hydrogen-bond acceptors (Lipinski definition) is 4. The monoisotopic (exact) mass is 755 g/mol. The van der Waals surface area contributed by atoms with Gasteiger partial charge in [0.1, 0.15) is 6.10 Å². The Morgan fingerprint density at radius 3 is 2.15 bits per heavy atom. The number of rotatable bonds is 27. The summed E-state index contributed by atoms with van der Waals surface area (Å²) in [6.45, 7) is 14.9. The topological polar surface area (TPSA) is 76.0 Å². The van der Waals surface area contributed by atoms with E-state index in [1.165, 1.54) is 134 Å². The Morgan fingerprint density at radius 2 is 1.50 bits per heavy atom. The highest BCUT2D eigenvalue weighted by molar-refractivity contribution is 5.73. The summed E-state index contributed by atoms with van der Waals surface area (Å²) in [6.07, 6.45) is 36.2. The van der Waals surface area contributed by atoms with E-state index in [1.54, 1.807) is 0 Å². The van der Waals surface area contributed by atoms with Crippen molar-refractivity contribution in [1.29, 1.82) is 0 Å². The van der Waals surface area contributed by atoms with Gasteiger partial charge in [0.2, 0.25) is 0 Å². The maximum absolute atomic E-state index is 12.5. The smallest absolute Gasteiger partial charge is 0.335 e. The van der Waals surface area contributed by atoms with Crippen LogP contribution in [-0.2, 0) is 14.3 Å². The van der Waals surface area contributed by atoms with Crippen molar-refractivity contribution in [3.05, 3.63) is 23.8 Å². The number of aliphatic hydroxyl groups is 1. The molecule has 4 aliphatic rings. The third kappa shape index (κ3) is 12.7. The third-order valence-corrected chi connectivity index (χ3v) is 15.3. The second kappa shape index (κ2) is 23.3. The highest BCUT2D eigenvalue weighted by Crippen LogP contribution is 2.67. The number of allylic oxidation sites excluding steroid dienone is 3. The summed E-state index contributed by atoms with van der Waals surface area (Å²) in [4.78, 5) is 12.5. The van der Waals surface area contributed by atoms with Gasteiger partial charge in [-0.2, -0.15) is 0 Å². The molecule has 4 rings (SSSR count). The third-order valence-electron chi connectivity index (χ3n) is 15.3. The fourth-order valence-electron chi connectivity index (χ4n) is 12.1. The molecule has 312 valence electrons. The molecule has 0 heterocycles. The Morgan fingerprint density at radius 1 is 0.833 bits per heavy atom. The molecule has 5 nitrogen and oxygen atoms in total. The fourth-order valence-corrected chi connectivity index (χ4v) is 12.1. The summed E-state index contributed by atoms with van der Waals surface area (Å²) in [6, 6.07) is 0. The minimum atomic E-state index is -1.14. The van der Waals surface area contributed by atoms with Gasteiger partial charge in [0, 0.05) is 6.61 Å². The lowest BCUT2D eigenvalue weighted by Crippen LogP contribution is -2.51. The van der Waals surface area contributed by atoms with E-state index in [2.05, 4.69) is 59.8 Å². The number of hydrogen-bond donors (Lipinski definition) is 2. The molecule has 0 aromatic heterocycles. The Kier molecular flexibility index (Phi) is 19.6. The minimum Gasteiger partial charge on any atom is -0.479 e. The first kappa shape index (κ1) is 45.5. The van der Waals surface area contributed by atoms with E-state index in [1.807, 2.05) is 0 Å². The number of ether oxygens (including phenoxy) is 2. The minimum absolute atomic E-state index is 0.138. The molecule has 54 heavy (non-hydrogen) atoms. The average Bonchev–Trinajstić information content (AvgIpc) is 3.51. The summed E-state index contributed by atoms with van der Waals surface area (Å²) >= 11 is 0. The van der Waals surface area contributed by atoms with Crippen molar-refractivity contribution in [2.45, 2.75) is 220 Å². The number of aliphatic carboxylic acids is 1. The van der Waals surface area contributed by atoms with Gasteiger partial charge in [0.15, 0.2) is 6.10 Å². The van der Waals surface area contributed by atoms with Crippen molar-refractivity contribution < 1.29 is 24.5 Å². The summed E-state index contributed by atoms with van der Waals surface area (Å²) in [5, 5.41) is 20.4. The lowest BCUT2D eigenvalue weighted by molar-refractivity contribution is -0.175. The molecule has 0 saturated heterocycles. The van der Waals surface area contributed by atoms with Crippen LogP contribution in [-0.4, -0.2) is 47.7 Å². The number of fused-ring (bicyclic) bond motifs is 5. The van der Waals surface area contributed by atoms with Crippen LogP contribution in [0.25, 0.3) is 0 Å². The van der Waals surface area contributed by atoms with Crippen LogP contribution in [0.5, 0.6) is 0 Å². The van der Waals surface area contributed by atoms with Gasteiger partial charge in [-0.25, -0.2) is 4.79 Å². The van der Waals surface area contributed by atoms with Gasteiger partial charge in [-0.05, 0) is 130 Å². The van der Waals surface area contributed by atoms with Crippen LogP contribution < -0.4 is 0 Å². The van der Waals surface area contributed by atoms with Crippen LogP contribution in [0, 0.1) is 46.3 Å². The fraction of sp³-hybridized carbons (Fsp3) is 0.898. The lowest BCUT2D eigenvalue weighted by Gasteiger charge is -2.58. The van der Waals surface area contributed by atoms with Crippen LogP contribution in [0.2, 0.25) is 0 Å². The van der Waals surface area contributed by atoms with Gasteiger partial charge in [-0.1, -0.05) is 142 Å². The van der Waals surface area contributed by atoms with Crippen LogP contribution >= 0.6 is 0 Å². The molecular weight excluding hydrogens is 669 g/mol. The first-order valence-electron chi connectivity index (χ1n) is 23.5.